The van der Waals surface area contributed by atoms with Gasteiger partial charge in [-0.1, -0.05) is 30.3 Å². The summed E-state index contributed by atoms with van der Waals surface area (Å²) < 4.78 is 4.90. The van der Waals surface area contributed by atoms with Crippen molar-refractivity contribution in [3.63, 3.8) is 0 Å². The SMILES string of the molecule is O=C(COC(=O)Cc1ccc(O)cc1)Nc1ccccc1. The highest BCUT2D eigenvalue weighted by atomic mass is 16.5. The summed E-state index contributed by atoms with van der Waals surface area (Å²) in [7, 11) is 0. The lowest BCUT2D eigenvalue weighted by atomic mass is 10.1. The molecule has 0 radical (unpaired) electrons. The molecule has 2 rings (SSSR count). The van der Waals surface area contributed by atoms with Crippen LogP contribution in [0.4, 0.5) is 5.69 Å². The molecule has 0 spiro atoms. The molecule has 21 heavy (non-hydrogen) atoms. The Labute approximate surface area is 122 Å². The van der Waals surface area contributed by atoms with Gasteiger partial charge >= 0.3 is 5.97 Å². The Morgan fingerprint density at radius 1 is 1.00 bits per heavy atom. The highest BCUT2D eigenvalue weighted by Gasteiger charge is 2.08. The predicted octanol–water partition coefficient (Wildman–Crippen LogP) is 2.12. The highest BCUT2D eigenvalue weighted by Crippen LogP contribution is 2.10. The van der Waals surface area contributed by atoms with Crippen LogP contribution in [0.15, 0.2) is 54.6 Å². The van der Waals surface area contributed by atoms with Crippen molar-refractivity contribution in [2.75, 3.05) is 11.9 Å². The third-order valence-electron chi connectivity index (χ3n) is 2.71. The summed E-state index contributed by atoms with van der Waals surface area (Å²) in [5.41, 5.74) is 1.36. The Bertz CT molecular complexity index is 608. The van der Waals surface area contributed by atoms with E-state index in [1.54, 1.807) is 36.4 Å². The maximum atomic E-state index is 11.6. The number of aromatic hydroxyl groups is 1. The lowest BCUT2D eigenvalue weighted by Crippen LogP contribution is -2.21. The van der Waals surface area contributed by atoms with Crippen molar-refractivity contribution < 1.29 is 19.4 Å². The summed E-state index contributed by atoms with van der Waals surface area (Å²) in [5, 5.41) is 11.8. The van der Waals surface area contributed by atoms with E-state index >= 15 is 0 Å². The van der Waals surface area contributed by atoms with Crippen LogP contribution in [0.25, 0.3) is 0 Å². The van der Waals surface area contributed by atoms with Gasteiger partial charge in [0.25, 0.3) is 5.91 Å². The molecule has 0 aliphatic carbocycles. The number of carbonyl (C=O) groups excluding carboxylic acids is 2. The number of carbonyl (C=O) groups is 2. The first-order chi connectivity index (χ1) is 10.1. The number of phenols is 1. The molecule has 5 nitrogen and oxygen atoms in total. The van der Waals surface area contributed by atoms with Gasteiger partial charge in [-0.25, -0.2) is 0 Å². The van der Waals surface area contributed by atoms with Crippen LogP contribution in [0.2, 0.25) is 0 Å². The fourth-order valence-corrected chi connectivity index (χ4v) is 1.70. The molecule has 0 heterocycles. The molecule has 108 valence electrons. The van der Waals surface area contributed by atoms with E-state index in [0.717, 1.165) is 0 Å². The lowest BCUT2D eigenvalue weighted by molar-refractivity contribution is -0.146. The molecule has 2 aromatic rings. The molecule has 0 bridgehead atoms. The number of esters is 1. The van der Waals surface area contributed by atoms with Crippen LogP contribution >= 0.6 is 0 Å². The second kappa shape index (κ2) is 7.09. The Morgan fingerprint density at radius 3 is 2.33 bits per heavy atom. The zero-order valence-corrected chi connectivity index (χ0v) is 11.3. The molecular formula is C16H15NO4. The van der Waals surface area contributed by atoms with Gasteiger partial charge < -0.3 is 15.2 Å². The second-order valence-electron chi connectivity index (χ2n) is 4.42. The molecule has 0 saturated heterocycles. The molecule has 0 aliphatic rings. The number of nitrogens with one attached hydrogen (secondary N) is 1. The number of hydrogen-bond acceptors (Lipinski definition) is 4. The second-order valence-corrected chi connectivity index (χ2v) is 4.42. The van der Waals surface area contributed by atoms with Crippen molar-refractivity contribution in [1.82, 2.24) is 0 Å². The van der Waals surface area contributed by atoms with Crippen LogP contribution in [-0.4, -0.2) is 23.6 Å². The molecule has 2 aromatic carbocycles. The molecule has 0 fully saturated rings. The van der Waals surface area contributed by atoms with Crippen molar-refractivity contribution in [3.05, 3.63) is 60.2 Å². The molecule has 0 aromatic heterocycles. The van der Waals surface area contributed by atoms with Gasteiger partial charge in [-0.2, -0.15) is 0 Å². The predicted molar refractivity (Wildman–Crippen MR) is 77.8 cm³/mol. The minimum atomic E-state index is -0.496. The number of anilines is 1. The van der Waals surface area contributed by atoms with Gasteiger partial charge in [0.2, 0.25) is 0 Å². The summed E-state index contributed by atoms with van der Waals surface area (Å²) in [4.78, 5) is 23.2. The van der Waals surface area contributed by atoms with Gasteiger partial charge in [-0.3, -0.25) is 9.59 Å². The molecule has 5 heteroatoms. The number of hydrogen-bond donors (Lipinski definition) is 2. The topological polar surface area (TPSA) is 75.6 Å². The van der Waals surface area contributed by atoms with Crippen LogP contribution in [0.1, 0.15) is 5.56 Å². The normalized spacial score (nSPS) is 9.90. The summed E-state index contributed by atoms with van der Waals surface area (Å²) in [5.74, 6) is -0.751. The standard InChI is InChI=1S/C16H15NO4/c18-14-8-6-12(7-9-14)10-16(20)21-11-15(19)17-13-4-2-1-3-5-13/h1-9,18H,10-11H2,(H,17,19). The number of para-hydroxylation sites is 1. The molecule has 0 atom stereocenters. The van der Waals surface area contributed by atoms with E-state index in [2.05, 4.69) is 5.32 Å². The smallest absolute Gasteiger partial charge is 0.310 e. The van der Waals surface area contributed by atoms with E-state index < -0.39 is 5.97 Å². The van der Waals surface area contributed by atoms with E-state index in [1.165, 1.54) is 12.1 Å². The maximum absolute atomic E-state index is 11.6. The van der Waals surface area contributed by atoms with Crippen molar-refractivity contribution in [2.24, 2.45) is 0 Å². The van der Waals surface area contributed by atoms with Gasteiger partial charge in [0.1, 0.15) is 5.75 Å². The third-order valence-corrected chi connectivity index (χ3v) is 2.71. The Balaban J connectivity index is 1.76. The number of phenolic OH excluding ortho intramolecular Hbond substituents is 1. The molecule has 2 N–H and O–H groups in total. The first-order valence-electron chi connectivity index (χ1n) is 6.42. The van der Waals surface area contributed by atoms with Crippen molar-refractivity contribution >= 4 is 17.6 Å². The van der Waals surface area contributed by atoms with E-state index in [1.807, 2.05) is 6.07 Å². The summed E-state index contributed by atoms with van der Waals surface area (Å²) >= 11 is 0. The van der Waals surface area contributed by atoms with Crippen LogP contribution in [0, 0.1) is 0 Å². The number of rotatable bonds is 5. The van der Waals surface area contributed by atoms with Gasteiger partial charge in [-0.15, -0.1) is 0 Å². The average Bonchev–Trinajstić information content (AvgIpc) is 2.49. The largest absolute Gasteiger partial charge is 0.508 e. The zero-order chi connectivity index (χ0) is 15.1. The minimum Gasteiger partial charge on any atom is -0.508 e. The van der Waals surface area contributed by atoms with Crippen molar-refractivity contribution in [1.29, 1.82) is 0 Å². The van der Waals surface area contributed by atoms with Gasteiger partial charge in [0.15, 0.2) is 6.61 Å². The number of benzene rings is 2. The quantitative estimate of drug-likeness (QED) is 0.825. The first kappa shape index (κ1) is 14.6. The van der Waals surface area contributed by atoms with E-state index in [-0.39, 0.29) is 24.7 Å². The Hall–Kier alpha value is -2.82. The van der Waals surface area contributed by atoms with E-state index in [4.69, 9.17) is 9.84 Å². The van der Waals surface area contributed by atoms with Crippen LogP contribution in [-0.2, 0) is 20.7 Å². The number of ether oxygens (including phenoxy) is 1. The van der Waals surface area contributed by atoms with Crippen LogP contribution in [0.5, 0.6) is 5.75 Å². The van der Waals surface area contributed by atoms with Crippen molar-refractivity contribution in [3.8, 4) is 5.75 Å². The number of amides is 1. The first-order valence-corrected chi connectivity index (χ1v) is 6.42. The summed E-state index contributed by atoms with van der Waals surface area (Å²) in [6.45, 7) is -0.328. The van der Waals surface area contributed by atoms with E-state index in [0.29, 0.717) is 11.3 Å². The molecular weight excluding hydrogens is 270 g/mol. The monoisotopic (exact) mass is 285 g/mol. The molecule has 0 saturated carbocycles. The maximum Gasteiger partial charge on any atom is 0.310 e. The van der Waals surface area contributed by atoms with Gasteiger partial charge in [0.05, 0.1) is 6.42 Å². The minimum absolute atomic E-state index is 0.0545. The average molecular weight is 285 g/mol. The third kappa shape index (κ3) is 4.99. The highest BCUT2D eigenvalue weighted by molar-refractivity contribution is 5.92. The lowest BCUT2D eigenvalue weighted by Gasteiger charge is -2.06. The molecule has 1 amide bonds. The van der Waals surface area contributed by atoms with Gasteiger partial charge in [-0.05, 0) is 29.8 Å². The summed E-state index contributed by atoms with van der Waals surface area (Å²) in [6, 6.07) is 15.2. The van der Waals surface area contributed by atoms with E-state index in [9.17, 15) is 9.59 Å². The summed E-state index contributed by atoms with van der Waals surface area (Å²) in [6.07, 6.45) is 0.0545. The Kier molecular flexibility index (Phi) is 4.93. The molecule has 0 aliphatic heterocycles. The fraction of sp³-hybridized carbons (Fsp3) is 0.125. The zero-order valence-electron chi connectivity index (χ0n) is 11.3. The van der Waals surface area contributed by atoms with Gasteiger partial charge in [0, 0.05) is 5.69 Å². The van der Waals surface area contributed by atoms with Crippen LogP contribution < -0.4 is 5.32 Å². The fourth-order valence-electron chi connectivity index (χ4n) is 1.70. The van der Waals surface area contributed by atoms with Crippen molar-refractivity contribution in [2.45, 2.75) is 6.42 Å². The Morgan fingerprint density at radius 2 is 1.67 bits per heavy atom. The van der Waals surface area contributed by atoms with Crippen LogP contribution in [0.3, 0.4) is 0 Å². The molecule has 0 unspecified atom stereocenters.